The zero-order valence-electron chi connectivity index (χ0n) is 18.8. The van der Waals surface area contributed by atoms with Crippen LogP contribution < -0.4 is 15.4 Å². The Balaban J connectivity index is 2.03. The number of hydrogen-bond acceptors (Lipinski definition) is 7. The SMILES string of the molecule is CCCCCCCCC(=O)Nc1ccccc1O[C@@H]1O[C@H](CO)[C@@H](O)[C@H](O)[C@H]1NC(C)=O. The first-order chi connectivity index (χ1) is 15.4. The molecule has 0 spiro atoms. The first kappa shape index (κ1) is 26.1. The second-order valence-corrected chi connectivity index (χ2v) is 8.11. The molecule has 5 N–H and O–H groups in total. The summed E-state index contributed by atoms with van der Waals surface area (Å²) in [6.07, 6.45) is 1.80. The lowest BCUT2D eigenvalue weighted by molar-refractivity contribution is -0.244. The summed E-state index contributed by atoms with van der Waals surface area (Å²) in [5.74, 6) is -0.297. The highest BCUT2D eigenvalue weighted by Crippen LogP contribution is 2.29. The van der Waals surface area contributed by atoms with Crippen LogP contribution in [-0.4, -0.2) is 64.4 Å². The molecule has 1 aromatic carbocycles. The summed E-state index contributed by atoms with van der Waals surface area (Å²) in [5.41, 5.74) is 0.426. The predicted molar refractivity (Wildman–Crippen MR) is 119 cm³/mol. The van der Waals surface area contributed by atoms with Crippen molar-refractivity contribution in [2.45, 2.75) is 89.4 Å². The number of hydrogen-bond donors (Lipinski definition) is 5. The number of rotatable bonds is 12. The van der Waals surface area contributed by atoms with Crippen LogP contribution in [-0.2, 0) is 14.3 Å². The standard InChI is InChI=1S/C23H36N2O7/c1-3-4-5-6-7-8-13-19(28)25-16-11-9-10-12-17(16)31-23-20(24-15(2)27)22(30)21(29)18(14-26)32-23/h9-12,18,20-23,26,29-30H,3-8,13-14H2,1-2H3,(H,24,27)(H,25,28)/t18-,20-,21-,22-,23-/m1/s1. The molecule has 9 heteroatoms. The second-order valence-electron chi connectivity index (χ2n) is 8.11. The van der Waals surface area contributed by atoms with E-state index in [2.05, 4.69) is 17.6 Å². The maximum Gasteiger partial charge on any atom is 0.224 e. The van der Waals surface area contributed by atoms with Gasteiger partial charge in [-0.05, 0) is 18.6 Å². The number of anilines is 1. The number of benzene rings is 1. The molecule has 1 aromatic rings. The van der Waals surface area contributed by atoms with Crippen molar-refractivity contribution in [2.24, 2.45) is 0 Å². The van der Waals surface area contributed by atoms with Crippen molar-refractivity contribution in [1.29, 1.82) is 0 Å². The van der Waals surface area contributed by atoms with E-state index in [-0.39, 0.29) is 11.7 Å². The maximum absolute atomic E-state index is 12.4. The van der Waals surface area contributed by atoms with Crippen molar-refractivity contribution in [3.63, 3.8) is 0 Å². The van der Waals surface area contributed by atoms with Gasteiger partial charge in [0.1, 0.15) is 30.1 Å². The quantitative estimate of drug-likeness (QED) is 0.304. The van der Waals surface area contributed by atoms with E-state index in [0.29, 0.717) is 12.1 Å². The summed E-state index contributed by atoms with van der Waals surface area (Å²) in [7, 11) is 0. The van der Waals surface area contributed by atoms with Gasteiger partial charge < -0.3 is 35.4 Å². The highest BCUT2D eigenvalue weighted by molar-refractivity contribution is 5.92. The lowest BCUT2D eigenvalue weighted by Crippen LogP contribution is -2.65. The van der Waals surface area contributed by atoms with Crippen LogP contribution in [0, 0.1) is 0 Å². The molecular weight excluding hydrogens is 416 g/mol. The third-order valence-corrected chi connectivity index (χ3v) is 5.41. The molecular formula is C23H36N2O7. The Morgan fingerprint density at radius 2 is 1.75 bits per heavy atom. The topological polar surface area (TPSA) is 137 Å². The summed E-state index contributed by atoms with van der Waals surface area (Å²) in [6, 6.07) is 5.69. The van der Waals surface area contributed by atoms with E-state index in [1.807, 2.05) is 0 Å². The van der Waals surface area contributed by atoms with Gasteiger partial charge >= 0.3 is 0 Å². The first-order valence-corrected chi connectivity index (χ1v) is 11.3. The molecule has 0 radical (unpaired) electrons. The van der Waals surface area contributed by atoms with Crippen molar-refractivity contribution >= 4 is 17.5 Å². The minimum Gasteiger partial charge on any atom is -0.460 e. The fraction of sp³-hybridized carbons (Fsp3) is 0.652. The highest BCUT2D eigenvalue weighted by Gasteiger charge is 2.46. The van der Waals surface area contributed by atoms with E-state index in [4.69, 9.17) is 9.47 Å². The molecule has 0 unspecified atom stereocenters. The van der Waals surface area contributed by atoms with Gasteiger partial charge in [-0.25, -0.2) is 0 Å². The number of nitrogens with one attached hydrogen (secondary N) is 2. The Hall–Kier alpha value is -2.20. The molecule has 5 atom stereocenters. The summed E-state index contributed by atoms with van der Waals surface area (Å²) < 4.78 is 11.5. The molecule has 0 bridgehead atoms. The summed E-state index contributed by atoms with van der Waals surface area (Å²) >= 11 is 0. The van der Waals surface area contributed by atoms with E-state index in [1.54, 1.807) is 24.3 Å². The summed E-state index contributed by atoms with van der Waals surface area (Å²) in [6.45, 7) is 2.89. The Morgan fingerprint density at radius 1 is 1.06 bits per heavy atom. The van der Waals surface area contributed by atoms with Gasteiger partial charge in [-0.1, -0.05) is 51.2 Å². The molecule has 0 aliphatic carbocycles. The first-order valence-electron chi connectivity index (χ1n) is 11.3. The molecule has 1 aliphatic heterocycles. The van der Waals surface area contributed by atoms with Gasteiger partial charge in [0.2, 0.25) is 18.1 Å². The Bertz CT molecular complexity index is 730. The number of carbonyl (C=O) groups is 2. The summed E-state index contributed by atoms with van der Waals surface area (Å²) in [4.78, 5) is 24.0. The normalized spacial score (nSPS) is 25.2. The number of aliphatic hydroxyl groups excluding tert-OH is 3. The Kier molecular flexibility index (Phi) is 10.9. The molecule has 1 heterocycles. The van der Waals surface area contributed by atoms with Crippen molar-refractivity contribution < 1.29 is 34.4 Å². The van der Waals surface area contributed by atoms with Crippen molar-refractivity contribution in [3.8, 4) is 5.75 Å². The number of ether oxygens (including phenoxy) is 2. The van der Waals surface area contributed by atoms with E-state index < -0.39 is 43.2 Å². The van der Waals surface area contributed by atoms with E-state index in [1.165, 1.54) is 26.2 Å². The van der Waals surface area contributed by atoms with Crippen LogP contribution in [0.1, 0.15) is 58.8 Å². The number of amides is 2. The molecule has 0 saturated carbocycles. The largest absolute Gasteiger partial charge is 0.460 e. The predicted octanol–water partition coefficient (Wildman–Crippen LogP) is 1.70. The van der Waals surface area contributed by atoms with E-state index in [9.17, 15) is 24.9 Å². The summed E-state index contributed by atoms with van der Waals surface area (Å²) in [5, 5.41) is 35.4. The van der Waals surface area contributed by atoms with Crippen molar-refractivity contribution in [2.75, 3.05) is 11.9 Å². The Labute approximate surface area is 189 Å². The number of unbranched alkanes of at least 4 members (excludes halogenated alkanes) is 5. The molecule has 180 valence electrons. The molecule has 1 fully saturated rings. The lowest BCUT2D eigenvalue weighted by Gasteiger charge is -2.42. The highest BCUT2D eigenvalue weighted by atomic mass is 16.7. The minimum absolute atomic E-state index is 0.136. The number of aliphatic hydroxyl groups is 3. The van der Waals surface area contributed by atoms with Gasteiger partial charge in [-0.15, -0.1) is 0 Å². The van der Waals surface area contributed by atoms with Crippen molar-refractivity contribution in [3.05, 3.63) is 24.3 Å². The van der Waals surface area contributed by atoms with Gasteiger partial charge in [-0.3, -0.25) is 9.59 Å². The van der Waals surface area contributed by atoms with Crippen molar-refractivity contribution in [1.82, 2.24) is 5.32 Å². The third-order valence-electron chi connectivity index (χ3n) is 5.41. The second kappa shape index (κ2) is 13.4. The van der Waals surface area contributed by atoms with Crippen LogP contribution in [0.5, 0.6) is 5.75 Å². The van der Waals surface area contributed by atoms with Gasteiger partial charge in [0.15, 0.2) is 0 Å². The molecule has 9 nitrogen and oxygen atoms in total. The van der Waals surface area contributed by atoms with Gasteiger partial charge in [0.05, 0.1) is 12.3 Å². The van der Waals surface area contributed by atoms with Gasteiger partial charge in [0, 0.05) is 13.3 Å². The average Bonchev–Trinajstić information content (AvgIpc) is 2.76. The number of carbonyl (C=O) groups excluding carboxylic acids is 2. The fourth-order valence-electron chi connectivity index (χ4n) is 3.65. The van der Waals surface area contributed by atoms with Gasteiger partial charge in [0.25, 0.3) is 0 Å². The van der Waals surface area contributed by atoms with Crippen LogP contribution in [0.25, 0.3) is 0 Å². The zero-order chi connectivity index (χ0) is 23.5. The third kappa shape index (κ3) is 7.74. The van der Waals surface area contributed by atoms with E-state index in [0.717, 1.165) is 19.3 Å². The smallest absolute Gasteiger partial charge is 0.224 e. The lowest BCUT2D eigenvalue weighted by atomic mass is 9.97. The Morgan fingerprint density at radius 3 is 2.44 bits per heavy atom. The molecule has 0 aromatic heterocycles. The maximum atomic E-state index is 12.4. The molecule has 2 rings (SSSR count). The van der Waals surface area contributed by atoms with Crippen LogP contribution in [0.15, 0.2) is 24.3 Å². The zero-order valence-corrected chi connectivity index (χ0v) is 18.8. The molecule has 2 amide bonds. The molecule has 1 saturated heterocycles. The molecule has 32 heavy (non-hydrogen) atoms. The van der Waals surface area contributed by atoms with Gasteiger partial charge in [-0.2, -0.15) is 0 Å². The fourth-order valence-corrected chi connectivity index (χ4v) is 3.65. The van der Waals surface area contributed by atoms with Crippen LogP contribution >= 0.6 is 0 Å². The molecule has 1 aliphatic rings. The monoisotopic (exact) mass is 452 g/mol. The van der Waals surface area contributed by atoms with E-state index >= 15 is 0 Å². The number of para-hydroxylation sites is 2. The average molecular weight is 453 g/mol. The van der Waals surface area contributed by atoms with Crippen LogP contribution in [0.2, 0.25) is 0 Å². The van der Waals surface area contributed by atoms with Crippen LogP contribution in [0.3, 0.4) is 0 Å². The minimum atomic E-state index is -1.41. The van der Waals surface area contributed by atoms with Crippen LogP contribution in [0.4, 0.5) is 5.69 Å².